The minimum atomic E-state index is -0.442. The van der Waals surface area contributed by atoms with Crippen molar-refractivity contribution in [2.45, 2.75) is 6.61 Å². The van der Waals surface area contributed by atoms with Gasteiger partial charge in [-0.3, -0.25) is 0 Å². The van der Waals surface area contributed by atoms with Gasteiger partial charge in [0.1, 0.15) is 0 Å². The van der Waals surface area contributed by atoms with E-state index in [0.717, 1.165) is 5.56 Å². The summed E-state index contributed by atoms with van der Waals surface area (Å²) in [5.74, 6) is 0.177. The minimum absolute atomic E-state index is 0.0821. The summed E-state index contributed by atoms with van der Waals surface area (Å²) in [4.78, 5) is 16.0. The molecule has 1 aromatic heterocycles. The molecule has 110 valence electrons. The molecule has 6 heteroatoms. The average molecular weight is 315 g/mol. The van der Waals surface area contributed by atoms with Crippen molar-refractivity contribution >= 4 is 17.6 Å². The number of carbonyl (C=O) groups excluding carboxylic acids is 1. The van der Waals surface area contributed by atoms with Crippen molar-refractivity contribution in [1.29, 1.82) is 0 Å². The molecule has 0 aliphatic carbocycles. The molecule has 0 bridgehead atoms. The van der Waals surface area contributed by atoms with Crippen molar-refractivity contribution in [3.05, 3.63) is 71.1 Å². The Bertz CT molecular complexity index is 787. The summed E-state index contributed by atoms with van der Waals surface area (Å²) in [6.07, 6.45) is 0. The lowest BCUT2D eigenvalue weighted by molar-refractivity contribution is 0.0430. The largest absolute Gasteiger partial charge is 0.452 e. The van der Waals surface area contributed by atoms with Crippen LogP contribution in [0.3, 0.4) is 0 Å². The maximum atomic E-state index is 11.8. The number of aromatic nitrogens is 2. The predicted octanol–water partition coefficient (Wildman–Crippen LogP) is 3.75. The molecule has 22 heavy (non-hydrogen) atoms. The van der Waals surface area contributed by atoms with Crippen LogP contribution in [0.25, 0.3) is 11.4 Å². The zero-order valence-electron chi connectivity index (χ0n) is 11.4. The molecule has 5 nitrogen and oxygen atoms in total. The second-order valence-corrected chi connectivity index (χ2v) is 4.90. The third-order valence-electron chi connectivity index (χ3n) is 2.89. The number of hydrogen-bond acceptors (Lipinski definition) is 5. The highest BCUT2D eigenvalue weighted by molar-refractivity contribution is 6.30. The molecular formula is C16H11ClN2O3. The van der Waals surface area contributed by atoms with Gasteiger partial charge >= 0.3 is 5.97 Å². The lowest BCUT2D eigenvalue weighted by Gasteiger charge is -2.00. The molecule has 0 unspecified atom stereocenters. The highest BCUT2D eigenvalue weighted by Crippen LogP contribution is 2.20. The Balaban J connectivity index is 1.66. The monoisotopic (exact) mass is 314 g/mol. The summed E-state index contributed by atoms with van der Waals surface area (Å²) in [6, 6.07) is 15.8. The Morgan fingerprint density at radius 3 is 2.73 bits per heavy atom. The van der Waals surface area contributed by atoms with Crippen molar-refractivity contribution in [2.75, 3.05) is 0 Å². The number of carbonyl (C=O) groups is 1. The number of halogens is 1. The van der Waals surface area contributed by atoms with Gasteiger partial charge in [0.15, 0.2) is 6.61 Å². The summed E-state index contributed by atoms with van der Waals surface area (Å²) in [7, 11) is 0. The van der Waals surface area contributed by atoms with E-state index in [-0.39, 0.29) is 12.5 Å². The van der Waals surface area contributed by atoms with Crippen LogP contribution in [0.4, 0.5) is 0 Å². The lowest BCUT2D eigenvalue weighted by atomic mass is 10.2. The Labute approximate surface area is 131 Å². The van der Waals surface area contributed by atoms with E-state index in [1.165, 1.54) is 0 Å². The van der Waals surface area contributed by atoms with Crippen LogP contribution >= 0.6 is 11.6 Å². The number of rotatable bonds is 4. The first-order valence-corrected chi connectivity index (χ1v) is 6.91. The van der Waals surface area contributed by atoms with Crippen LogP contribution in [-0.2, 0) is 11.3 Å². The molecule has 3 rings (SSSR count). The molecule has 0 aliphatic rings. The fourth-order valence-electron chi connectivity index (χ4n) is 1.84. The van der Waals surface area contributed by atoms with Crippen LogP contribution in [0, 0.1) is 0 Å². The Kier molecular flexibility index (Phi) is 4.16. The molecule has 0 amide bonds. The third kappa shape index (κ3) is 3.32. The van der Waals surface area contributed by atoms with Crippen molar-refractivity contribution < 1.29 is 14.1 Å². The number of nitrogens with zero attached hydrogens (tertiary/aromatic N) is 2. The lowest BCUT2D eigenvalue weighted by Crippen LogP contribution is -2.05. The first kappa shape index (κ1) is 14.3. The topological polar surface area (TPSA) is 65.2 Å². The van der Waals surface area contributed by atoms with Crippen molar-refractivity contribution in [2.24, 2.45) is 0 Å². The van der Waals surface area contributed by atoms with Crippen LogP contribution in [0.1, 0.15) is 16.2 Å². The van der Waals surface area contributed by atoms with Crippen LogP contribution in [-0.4, -0.2) is 16.1 Å². The molecule has 0 atom stereocenters. The van der Waals surface area contributed by atoms with Gasteiger partial charge in [-0.1, -0.05) is 47.1 Å². The van der Waals surface area contributed by atoms with Gasteiger partial charge in [0.2, 0.25) is 5.82 Å². The van der Waals surface area contributed by atoms with E-state index in [4.69, 9.17) is 20.9 Å². The second-order valence-electron chi connectivity index (χ2n) is 4.46. The quantitative estimate of drug-likeness (QED) is 0.686. The Morgan fingerprint density at radius 1 is 1.14 bits per heavy atom. The van der Waals surface area contributed by atoms with Gasteiger partial charge in [-0.05, 0) is 24.3 Å². The standard InChI is InChI=1S/C16H11ClN2O3/c17-13-8-4-7-12(9-13)15-18-14(22-19-15)10-21-16(20)11-5-2-1-3-6-11/h1-9H,10H2. The fourth-order valence-corrected chi connectivity index (χ4v) is 2.03. The molecule has 0 fully saturated rings. The molecule has 0 radical (unpaired) electrons. The van der Waals surface area contributed by atoms with Crippen LogP contribution in [0.5, 0.6) is 0 Å². The summed E-state index contributed by atoms with van der Waals surface area (Å²) in [5, 5.41) is 4.42. The van der Waals surface area contributed by atoms with E-state index < -0.39 is 5.97 Å². The molecule has 0 saturated heterocycles. The van der Waals surface area contributed by atoms with Gasteiger partial charge in [0, 0.05) is 10.6 Å². The maximum absolute atomic E-state index is 11.8. The molecule has 2 aromatic carbocycles. The summed E-state index contributed by atoms with van der Waals surface area (Å²) in [5.41, 5.74) is 1.20. The van der Waals surface area contributed by atoms with E-state index in [9.17, 15) is 4.79 Å². The molecule has 1 heterocycles. The number of ether oxygens (including phenoxy) is 1. The van der Waals surface area contributed by atoms with Crippen LogP contribution in [0.15, 0.2) is 59.1 Å². The van der Waals surface area contributed by atoms with E-state index in [0.29, 0.717) is 16.4 Å². The molecule has 3 aromatic rings. The van der Waals surface area contributed by atoms with Crippen molar-refractivity contribution in [3.63, 3.8) is 0 Å². The van der Waals surface area contributed by atoms with Crippen molar-refractivity contribution in [1.82, 2.24) is 10.1 Å². The average Bonchev–Trinajstić information content (AvgIpc) is 3.02. The van der Waals surface area contributed by atoms with Crippen molar-refractivity contribution in [3.8, 4) is 11.4 Å². The normalized spacial score (nSPS) is 10.4. The zero-order valence-corrected chi connectivity index (χ0v) is 12.2. The maximum Gasteiger partial charge on any atom is 0.338 e. The fraction of sp³-hybridized carbons (Fsp3) is 0.0625. The Hall–Kier alpha value is -2.66. The summed E-state index contributed by atoms with van der Waals surface area (Å²) >= 11 is 5.92. The van der Waals surface area contributed by atoms with E-state index >= 15 is 0 Å². The highest BCUT2D eigenvalue weighted by Gasteiger charge is 2.12. The second kappa shape index (κ2) is 6.41. The Morgan fingerprint density at radius 2 is 1.95 bits per heavy atom. The molecule has 0 spiro atoms. The highest BCUT2D eigenvalue weighted by atomic mass is 35.5. The van der Waals surface area contributed by atoms with Gasteiger partial charge < -0.3 is 9.26 Å². The molecular weight excluding hydrogens is 304 g/mol. The summed E-state index contributed by atoms with van der Waals surface area (Å²) in [6.45, 7) is -0.0821. The van der Waals surface area contributed by atoms with E-state index in [1.807, 2.05) is 12.1 Å². The number of hydrogen-bond donors (Lipinski definition) is 0. The molecule has 0 aliphatic heterocycles. The van der Waals surface area contributed by atoms with Gasteiger partial charge in [-0.2, -0.15) is 4.98 Å². The van der Waals surface area contributed by atoms with Crippen LogP contribution in [0.2, 0.25) is 5.02 Å². The summed E-state index contributed by atoms with van der Waals surface area (Å²) < 4.78 is 10.2. The van der Waals surface area contributed by atoms with Gasteiger partial charge in [0.05, 0.1) is 5.56 Å². The first-order valence-electron chi connectivity index (χ1n) is 6.53. The van der Waals surface area contributed by atoms with E-state index in [2.05, 4.69) is 10.1 Å². The smallest absolute Gasteiger partial charge is 0.338 e. The predicted molar refractivity (Wildman–Crippen MR) is 80.3 cm³/mol. The van der Waals surface area contributed by atoms with Crippen LogP contribution < -0.4 is 0 Å². The molecule has 0 saturated carbocycles. The number of benzene rings is 2. The number of esters is 1. The van der Waals surface area contributed by atoms with Gasteiger partial charge in [0.25, 0.3) is 5.89 Å². The van der Waals surface area contributed by atoms with Gasteiger partial charge in [-0.15, -0.1) is 0 Å². The third-order valence-corrected chi connectivity index (χ3v) is 3.12. The minimum Gasteiger partial charge on any atom is -0.452 e. The molecule has 0 N–H and O–H groups in total. The van der Waals surface area contributed by atoms with E-state index in [1.54, 1.807) is 42.5 Å². The zero-order chi connectivity index (χ0) is 15.4. The van der Waals surface area contributed by atoms with Gasteiger partial charge in [-0.25, -0.2) is 4.79 Å². The SMILES string of the molecule is O=C(OCc1nc(-c2cccc(Cl)c2)no1)c1ccccc1. The first-order chi connectivity index (χ1) is 10.7.